The Hall–Kier alpha value is -1.86. The first kappa shape index (κ1) is 14.5. The van der Waals surface area contributed by atoms with Crippen LogP contribution in [-0.4, -0.2) is 28.5 Å². The number of nitrogens with two attached hydrogens (primary N) is 1. The Kier molecular flexibility index (Phi) is 4.75. The lowest BCUT2D eigenvalue weighted by Crippen LogP contribution is -2.14. The van der Waals surface area contributed by atoms with Gasteiger partial charge < -0.3 is 15.0 Å². The van der Waals surface area contributed by atoms with E-state index in [0.29, 0.717) is 24.8 Å². The molecule has 0 amide bonds. The molecule has 0 saturated heterocycles. The van der Waals surface area contributed by atoms with Crippen LogP contribution in [0.5, 0.6) is 0 Å². The molecule has 108 valence electrons. The molecule has 0 fully saturated rings. The van der Waals surface area contributed by atoms with E-state index in [-0.39, 0.29) is 18.5 Å². The number of nitrogens with zero attached hydrogens (tertiary/aromatic N) is 3. The first-order valence-electron chi connectivity index (χ1n) is 6.20. The van der Waals surface area contributed by atoms with E-state index in [1.165, 1.54) is 12.1 Å². The molecule has 1 heterocycles. The van der Waals surface area contributed by atoms with Crippen LogP contribution >= 0.6 is 0 Å². The van der Waals surface area contributed by atoms with Gasteiger partial charge in [-0.2, -0.15) is 0 Å². The van der Waals surface area contributed by atoms with E-state index in [1.807, 2.05) is 0 Å². The highest BCUT2D eigenvalue weighted by atomic mass is 19.2. The van der Waals surface area contributed by atoms with Gasteiger partial charge in [-0.15, -0.1) is 10.2 Å². The van der Waals surface area contributed by atoms with E-state index in [2.05, 4.69) is 10.2 Å². The second-order valence-corrected chi connectivity index (χ2v) is 4.27. The zero-order chi connectivity index (χ0) is 14.5. The summed E-state index contributed by atoms with van der Waals surface area (Å²) >= 11 is 0. The monoisotopic (exact) mass is 282 g/mol. The highest BCUT2D eigenvalue weighted by Crippen LogP contribution is 2.15. The van der Waals surface area contributed by atoms with Crippen molar-refractivity contribution in [1.82, 2.24) is 14.8 Å². The van der Waals surface area contributed by atoms with Gasteiger partial charge in [-0.3, -0.25) is 0 Å². The molecule has 2 rings (SSSR count). The number of halogens is 2. The molecule has 1 aromatic carbocycles. The minimum atomic E-state index is -0.871. The van der Waals surface area contributed by atoms with Gasteiger partial charge in [-0.1, -0.05) is 12.1 Å². The second kappa shape index (κ2) is 6.53. The van der Waals surface area contributed by atoms with Crippen molar-refractivity contribution in [3.05, 3.63) is 47.0 Å². The molecule has 0 atom stereocenters. The van der Waals surface area contributed by atoms with E-state index in [4.69, 9.17) is 10.5 Å². The highest BCUT2D eigenvalue weighted by molar-refractivity contribution is 5.22. The topological polar surface area (TPSA) is 66.0 Å². The van der Waals surface area contributed by atoms with E-state index >= 15 is 0 Å². The number of hydrogen-bond donors (Lipinski definition) is 1. The molecule has 0 spiro atoms. The van der Waals surface area contributed by atoms with Crippen molar-refractivity contribution < 1.29 is 13.5 Å². The fourth-order valence-corrected chi connectivity index (χ4v) is 1.95. The summed E-state index contributed by atoms with van der Waals surface area (Å²) in [6, 6.07) is 4.07. The van der Waals surface area contributed by atoms with Crippen LogP contribution in [0.1, 0.15) is 17.2 Å². The van der Waals surface area contributed by atoms with Crippen molar-refractivity contribution in [2.24, 2.45) is 5.73 Å². The van der Waals surface area contributed by atoms with Gasteiger partial charge in [0.2, 0.25) is 0 Å². The Labute approximate surface area is 115 Å². The quantitative estimate of drug-likeness (QED) is 0.866. The van der Waals surface area contributed by atoms with Crippen LogP contribution in [0.15, 0.2) is 18.2 Å². The van der Waals surface area contributed by atoms with E-state index in [0.717, 1.165) is 6.07 Å². The third kappa shape index (κ3) is 3.00. The van der Waals surface area contributed by atoms with E-state index < -0.39 is 11.6 Å². The Balaban J connectivity index is 2.28. The summed E-state index contributed by atoms with van der Waals surface area (Å²) < 4.78 is 33.7. The Bertz CT molecular complexity index is 586. The average Bonchev–Trinajstić information content (AvgIpc) is 2.83. The summed E-state index contributed by atoms with van der Waals surface area (Å²) in [7, 11) is 1.58. The smallest absolute Gasteiger partial charge is 0.162 e. The van der Waals surface area contributed by atoms with Gasteiger partial charge in [0.15, 0.2) is 11.6 Å². The summed E-state index contributed by atoms with van der Waals surface area (Å²) in [5.74, 6) is -0.603. The lowest BCUT2D eigenvalue weighted by atomic mass is 10.1. The zero-order valence-corrected chi connectivity index (χ0v) is 11.1. The molecule has 5 nitrogen and oxygen atoms in total. The molecule has 2 aromatic rings. The largest absolute Gasteiger partial charge is 0.383 e. The van der Waals surface area contributed by atoms with Crippen molar-refractivity contribution in [3.8, 4) is 0 Å². The van der Waals surface area contributed by atoms with Gasteiger partial charge in [-0.05, 0) is 11.6 Å². The Morgan fingerprint density at radius 3 is 2.70 bits per heavy atom. The zero-order valence-electron chi connectivity index (χ0n) is 11.1. The Morgan fingerprint density at radius 2 is 2.00 bits per heavy atom. The second-order valence-electron chi connectivity index (χ2n) is 4.27. The van der Waals surface area contributed by atoms with Gasteiger partial charge in [0.1, 0.15) is 11.6 Å². The highest BCUT2D eigenvalue weighted by Gasteiger charge is 2.14. The summed E-state index contributed by atoms with van der Waals surface area (Å²) in [5.41, 5.74) is 5.82. The number of ether oxygens (including phenoxy) is 1. The van der Waals surface area contributed by atoms with Crippen molar-refractivity contribution in [2.45, 2.75) is 19.5 Å². The third-order valence-electron chi connectivity index (χ3n) is 2.99. The number of hydrogen-bond acceptors (Lipinski definition) is 4. The van der Waals surface area contributed by atoms with Crippen molar-refractivity contribution in [2.75, 3.05) is 13.7 Å². The molecule has 0 unspecified atom stereocenters. The number of rotatable bonds is 6. The minimum absolute atomic E-state index is 0.153. The summed E-state index contributed by atoms with van der Waals surface area (Å²) in [4.78, 5) is 0. The number of benzene rings is 1. The molecule has 0 aliphatic heterocycles. The molecule has 0 aliphatic carbocycles. The van der Waals surface area contributed by atoms with Crippen molar-refractivity contribution in [1.29, 1.82) is 0 Å². The molecular formula is C13H16F2N4O. The molecule has 0 saturated carbocycles. The predicted molar refractivity (Wildman–Crippen MR) is 69.0 cm³/mol. The van der Waals surface area contributed by atoms with E-state index in [1.54, 1.807) is 11.7 Å². The van der Waals surface area contributed by atoms with Crippen LogP contribution in [-0.2, 0) is 24.2 Å². The maximum atomic E-state index is 13.7. The fourth-order valence-electron chi connectivity index (χ4n) is 1.95. The maximum absolute atomic E-state index is 13.7. The number of aromatic nitrogens is 3. The van der Waals surface area contributed by atoms with Crippen LogP contribution in [0.25, 0.3) is 0 Å². The van der Waals surface area contributed by atoms with E-state index in [9.17, 15) is 8.78 Å². The van der Waals surface area contributed by atoms with Gasteiger partial charge in [0, 0.05) is 20.1 Å². The molecule has 20 heavy (non-hydrogen) atoms. The van der Waals surface area contributed by atoms with Crippen LogP contribution in [0, 0.1) is 11.6 Å². The van der Waals surface area contributed by atoms with Crippen LogP contribution in [0.2, 0.25) is 0 Å². The lowest BCUT2D eigenvalue weighted by Gasteiger charge is -2.09. The Morgan fingerprint density at radius 1 is 1.25 bits per heavy atom. The number of methoxy groups -OCH3 is 1. The first-order valence-corrected chi connectivity index (χ1v) is 6.20. The molecule has 1 aromatic heterocycles. The summed E-state index contributed by atoms with van der Waals surface area (Å²) in [5, 5.41) is 7.95. The van der Waals surface area contributed by atoms with Crippen LogP contribution in [0.3, 0.4) is 0 Å². The average molecular weight is 282 g/mol. The lowest BCUT2D eigenvalue weighted by molar-refractivity contribution is 0.185. The molecule has 2 N–H and O–H groups in total. The van der Waals surface area contributed by atoms with Gasteiger partial charge >= 0.3 is 0 Å². The van der Waals surface area contributed by atoms with Crippen molar-refractivity contribution >= 4 is 0 Å². The summed E-state index contributed by atoms with van der Waals surface area (Å²) in [6.07, 6.45) is 0.153. The minimum Gasteiger partial charge on any atom is -0.383 e. The summed E-state index contributed by atoms with van der Waals surface area (Å²) in [6.45, 7) is 1.20. The van der Waals surface area contributed by atoms with Crippen molar-refractivity contribution in [3.63, 3.8) is 0 Å². The normalized spacial score (nSPS) is 11.0. The molecule has 0 aliphatic rings. The molecular weight excluding hydrogens is 266 g/mol. The van der Waals surface area contributed by atoms with Gasteiger partial charge in [0.05, 0.1) is 13.2 Å². The standard InChI is InChI=1S/C13H16F2N4O/c1-20-6-5-19-11(17-18-12(19)8-16)7-9-3-2-4-10(14)13(9)15/h2-4H,5-8,16H2,1H3. The van der Waals surface area contributed by atoms with Crippen LogP contribution < -0.4 is 5.73 Å². The fraction of sp³-hybridized carbons (Fsp3) is 0.385. The molecule has 7 heteroatoms. The first-order chi connectivity index (χ1) is 9.67. The third-order valence-corrected chi connectivity index (χ3v) is 2.99. The molecule has 0 radical (unpaired) electrons. The van der Waals surface area contributed by atoms with Gasteiger partial charge in [-0.25, -0.2) is 8.78 Å². The van der Waals surface area contributed by atoms with Gasteiger partial charge in [0.25, 0.3) is 0 Å². The van der Waals surface area contributed by atoms with Crippen LogP contribution in [0.4, 0.5) is 8.78 Å². The SMILES string of the molecule is COCCn1c(CN)nnc1Cc1cccc(F)c1F. The predicted octanol–water partition coefficient (Wildman–Crippen LogP) is 1.25. The maximum Gasteiger partial charge on any atom is 0.162 e. The molecule has 0 bridgehead atoms.